The summed E-state index contributed by atoms with van der Waals surface area (Å²) in [4.78, 5) is 6.49. The molecule has 0 radical (unpaired) electrons. The van der Waals surface area contributed by atoms with E-state index >= 15 is 0 Å². The molecule has 0 bridgehead atoms. The van der Waals surface area contributed by atoms with Gasteiger partial charge in [-0.15, -0.1) is 24.0 Å². The monoisotopic (exact) mass is 520 g/mol. The Hall–Kier alpha value is 0.220. The van der Waals surface area contributed by atoms with Crippen molar-refractivity contribution in [2.75, 3.05) is 70.2 Å². The fourth-order valence-electron chi connectivity index (χ4n) is 2.53. The van der Waals surface area contributed by atoms with Crippen molar-refractivity contribution in [3.63, 3.8) is 0 Å². The molecule has 10 heteroatoms. The summed E-state index contributed by atoms with van der Waals surface area (Å²) < 4.78 is 32.0. The predicted molar refractivity (Wildman–Crippen MR) is 120 cm³/mol. The van der Waals surface area contributed by atoms with E-state index in [0.29, 0.717) is 19.7 Å². The zero-order valence-electron chi connectivity index (χ0n) is 15.9. The van der Waals surface area contributed by atoms with Crippen LogP contribution < -0.4 is 5.32 Å². The van der Waals surface area contributed by atoms with Gasteiger partial charge in [0.1, 0.15) is 0 Å². The maximum absolute atomic E-state index is 12.4. The number of halogens is 1. The van der Waals surface area contributed by atoms with Crippen molar-refractivity contribution in [2.24, 2.45) is 10.9 Å². The number of guanidine groups is 1. The molecule has 26 heavy (non-hydrogen) atoms. The molecule has 0 aromatic carbocycles. The first kappa shape index (κ1) is 24.3. The van der Waals surface area contributed by atoms with E-state index in [0.717, 1.165) is 43.1 Å². The number of ether oxygens (including phenoxy) is 1. The molecule has 0 aromatic heterocycles. The summed E-state index contributed by atoms with van der Waals surface area (Å²) in [6, 6.07) is 0. The summed E-state index contributed by atoms with van der Waals surface area (Å²) in [6.45, 7) is 6.55. The molecular formula is C16H33IN4O3S2. The SMILES string of the molecule is CCNC(=NCCS(=O)(=O)N1CCSCC1)N(C)CCOCC1CC1.I. The third-order valence-corrected chi connectivity index (χ3v) is 7.09. The zero-order chi connectivity index (χ0) is 18.1. The standard InChI is InChI=1S/C16H32N4O3S2.HI/c1-3-17-16(19(2)7-10-23-14-15-4-5-15)18-6-13-25(21,22)20-8-11-24-12-9-20;/h15H,3-14H2,1-2H3,(H,17,18);1H. The summed E-state index contributed by atoms with van der Waals surface area (Å²) >= 11 is 1.81. The number of sulfonamides is 1. The Morgan fingerprint density at radius 3 is 2.65 bits per heavy atom. The Labute approximate surface area is 179 Å². The average Bonchev–Trinajstić information content (AvgIpc) is 3.43. The molecule has 0 atom stereocenters. The molecule has 1 N–H and O–H groups in total. The molecule has 0 spiro atoms. The van der Waals surface area contributed by atoms with Crippen LogP contribution in [0.4, 0.5) is 0 Å². The molecule has 0 unspecified atom stereocenters. The van der Waals surface area contributed by atoms with Gasteiger partial charge in [0.15, 0.2) is 5.96 Å². The number of hydrogen-bond acceptors (Lipinski definition) is 5. The Balaban J connectivity index is 0.00000338. The van der Waals surface area contributed by atoms with E-state index in [2.05, 4.69) is 10.3 Å². The fraction of sp³-hybridized carbons (Fsp3) is 0.938. The average molecular weight is 521 g/mol. The molecule has 7 nitrogen and oxygen atoms in total. The molecule has 1 aliphatic carbocycles. The number of rotatable bonds is 10. The lowest BCUT2D eigenvalue weighted by molar-refractivity contribution is 0.115. The molecule has 1 heterocycles. The first-order chi connectivity index (χ1) is 12.0. The largest absolute Gasteiger partial charge is 0.379 e. The second kappa shape index (κ2) is 12.6. The van der Waals surface area contributed by atoms with Crippen LogP contribution >= 0.6 is 35.7 Å². The summed E-state index contributed by atoms with van der Waals surface area (Å²) in [5.74, 6) is 3.34. The maximum Gasteiger partial charge on any atom is 0.215 e. The lowest BCUT2D eigenvalue weighted by atomic mass is 10.5. The quantitative estimate of drug-likeness (QED) is 0.203. The Morgan fingerprint density at radius 2 is 2.04 bits per heavy atom. The highest BCUT2D eigenvalue weighted by Gasteiger charge is 2.24. The van der Waals surface area contributed by atoms with Gasteiger partial charge in [-0.1, -0.05) is 0 Å². The number of likely N-dealkylation sites (N-methyl/N-ethyl adjacent to an activating group) is 1. The van der Waals surface area contributed by atoms with Crippen LogP contribution in [0.1, 0.15) is 19.8 Å². The molecule has 1 saturated heterocycles. The Bertz CT molecular complexity index is 524. The Morgan fingerprint density at radius 1 is 1.35 bits per heavy atom. The number of thioether (sulfide) groups is 1. The fourth-order valence-corrected chi connectivity index (χ4v) is 4.99. The minimum Gasteiger partial charge on any atom is -0.379 e. The van der Waals surface area contributed by atoms with Crippen molar-refractivity contribution >= 4 is 51.7 Å². The molecule has 2 rings (SSSR count). The highest BCUT2D eigenvalue weighted by Crippen LogP contribution is 2.28. The Kier molecular flexibility index (Phi) is 11.8. The minimum absolute atomic E-state index is 0. The van der Waals surface area contributed by atoms with Gasteiger partial charge < -0.3 is 15.0 Å². The van der Waals surface area contributed by atoms with Gasteiger partial charge in [-0.3, -0.25) is 4.99 Å². The topological polar surface area (TPSA) is 74.2 Å². The van der Waals surface area contributed by atoms with E-state index in [-0.39, 0.29) is 36.3 Å². The van der Waals surface area contributed by atoms with E-state index in [4.69, 9.17) is 4.74 Å². The van der Waals surface area contributed by atoms with E-state index in [9.17, 15) is 8.42 Å². The van der Waals surface area contributed by atoms with Gasteiger partial charge in [-0.25, -0.2) is 12.7 Å². The number of hydrogen-bond donors (Lipinski definition) is 1. The van der Waals surface area contributed by atoms with Crippen molar-refractivity contribution in [1.82, 2.24) is 14.5 Å². The van der Waals surface area contributed by atoms with Gasteiger partial charge in [0.2, 0.25) is 10.0 Å². The van der Waals surface area contributed by atoms with Crippen molar-refractivity contribution in [2.45, 2.75) is 19.8 Å². The molecule has 2 aliphatic rings. The second-order valence-corrected chi connectivity index (χ2v) is 9.82. The number of aliphatic imine (C=N–C) groups is 1. The van der Waals surface area contributed by atoms with E-state index in [1.807, 2.05) is 18.9 Å². The summed E-state index contributed by atoms with van der Waals surface area (Å²) in [7, 11) is -1.24. The van der Waals surface area contributed by atoms with Crippen molar-refractivity contribution in [3.8, 4) is 0 Å². The van der Waals surface area contributed by atoms with Crippen molar-refractivity contribution in [1.29, 1.82) is 0 Å². The molecular weight excluding hydrogens is 487 g/mol. The molecule has 1 saturated carbocycles. The van der Waals surface area contributed by atoms with Crippen molar-refractivity contribution < 1.29 is 13.2 Å². The summed E-state index contributed by atoms with van der Waals surface area (Å²) in [5, 5.41) is 3.22. The highest BCUT2D eigenvalue weighted by atomic mass is 127. The van der Waals surface area contributed by atoms with Gasteiger partial charge in [0, 0.05) is 51.3 Å². The first-order valence-corrected chi connectivity index (χ1v) is 11.9. The van der Waals surface area contributed by atoms with Crippen LogP contribution in [0.5, 0.6) is 0 Å². The lowest BCUT2D eigenvalue weighted by Crippen LogP contribution is -2.42. The van der Waals surface area contributed by atoms with Crippen LogP contribution in [0.2, 0.25) is 0 Å². The molecule has 0 amide bonds. The van der Waals surface area contributed by atoms with Crippen LogP contribution in [-0.2, 0) is 14.8 Å². The van der Waals surface area contributed by atoms with E-state index in [1.165, 1.54) is 12.8 Å². The molecule has 1 aliphatic heterocycles. The van der Waals surface area contributed by atoms with Crippen molar-refractivity contribution in [3.05, 3.63) is 0 Å². The maximum atomic E-state index is 12.4. The number of nitrogens with zero attached hydrogens (tertiary/aromatic N) is 3. The molecule has 2 fully saturated rings. The lowest BCUT2D eigenvalue weighted by Gasteiger charge is -2.25. The summed E-state index contributed by atoms with van der Waals surface area (Å²) in [5.41, 5.74) is 0. The normalized spacial score (nSPS) is 19.1. The minimum atomic E-state index is -3.20. The smallest absolute Gasteiger partial charge is 0.215 e. The molecule has 154 valence electrons. The van der Waals surface area contributed by atoms with Crippen LogP contribution in [0.3, 0.4) is 0 Å². The van der Waals surface area contributed by atoms with Gasteiger partial charge in [0.25, 0.3) is 0 Å². The van der Waals surface area contributed by atoms with Gasteiger partial charge in [0.05, 0.1) is 18.9 Å². The van der Waals surface area contributed by atoms with Crippen LogP contribution in [0.25, 0.3) is 0 Å². The highest BCUT2D eigenvalue weighted by molar-refractivity contribution is 14.0. The van der Waals surface area contributed by atoms with E-state index < -0.39 is 10.0 Å². The van der Waals surface area contributed by atoms with E-state index in [1.54, 1.807) is 16.1 Å². The summed E-state index contributed by atoms with van der Waals surface area (Å²) in [6.07, 6.45) is 2.59. The second-order valence-electron chi connectivity index (χ2n) is 6.50. The number of nitrogens with one attached hydrogen (secondary N) is 1. The van der Waals surface area contributed by atoms with Gasteiger partial charge >= 0.3 is 0 Å². The van der Waals surface area contributed by atoms with Crippen LogP contribution in [0.15, 0.2) is 4.99 Å². The zero-order valence-corrected chi connectivity index (χ0v) is 19.8. The van der Waals surface area contributed by atoms with Gasteiger partial charge in [-0.05, 0) is 25.7 Å². The first-order valence-electron chi connectivity index (χ1n) is 9.15. The van der Waals surface area contributed by atoms with Crippen LogP contribution in [0, 0.1) is 5.92 Å². The predicted octanol–water partition coefficient (Wildman–Crippen LogP) is 1.31. The van der Waals surface area contributed by atoms with Crippen LogP contribution in [-0.4, -0.2) is 93.8 Å². The van der Waals surface area contributed by atoms with Gasteiger partial charge in [-0.2, -0.15) is 11.8 Å². The molecule has 0 aromatic rings. The third-order valence-electron chi connectivity index (χ3n) is 4.29. The third kappa shape index (κ3) is 8.94.